The fourth-order valence-corrected chi connectivity index (χ4v) is 3.52. The molecule has 3 heterocycles. The molecule has 24 heavy (non-hydrogen) atoms. The second kappa shape index (κ2) is 6.74. The van der Waals surface area contributed by atoms with Crippen LogP contribution in [0, 0.1) is 0 Å². The van der Waals surface area contributed by atoms with Crippen LogP contribution in [0.2, 0.25) is 0 Å². The summed E-state index contributed by atoms with van der Waals surface area (Å²) in [6.45, 7) is 4.15. The zero-order valence-corrected chi connectivity index (χ0v) is 14.3. The Morgan fingerprint density at radius 1 is 1.12 bits per heavy atom. The largest absolute Gasteiger partial charge is 0.423 e. The first-order valence-corrected chi connectivity index (χ1v) is 8.78. The highest BCUT2D eigenvalue weighted by Gasteiger charge is 2.23. The molecule has 0 radical (unpaired) electrons. The van der Waals surface area contributed by atoms with Gasteiger partial charge in [0.1, 0.15) is 11.3 Å². The molecule has 7 nitrogen and oxygen atoms in total. The average Bonchev–Trinajstić information content (AvgIpc) is 3.27. The first kappa shape index (κ1) is 15.3. The van der Waals surface area contributed by atoms with Gasteiger partial charge in [0.25, 0.3) is 6.01 Å². The van der Waals surface area contributed by atoms with E-state index in [9.17, 15) is 0 Å². The summed E-state index contributed by atoms with van der Waals surface area (Å²) in [6, 6.07) is 8.57. The van der Waals surface area contributed by atoms with Crippen LogP contribution in [0.4, 0.5) is 11.1 Å². The van der Waals surface area contributed by atoms with Crippen LogP contribution in [0.3, 0.4) is 0 Å². The molecule has 126 valence electrons. The van der Waals surface area contributed by atoms with Crippen LogP contribution in [0.15, 0.2) is 28.7 Å². The molecule has 0 aliphatic carbocycles. The Labute approximate surface area is 144 Å². The third-order valence-corrected chi connectivity index (χ3v) is 4.91. The van der Waals surface area contributed by atoms with Crippen LogP contribution in [0.5, 0.6) is 0 Å². The number of methoxy groups -OCH3 is 1. The number of hydrogen-bond donors (Lipinski definition) is 0. The Morgan fingerprint density at radius 2 is 1.92 bits per heavy atom. The van der Waals surface area contributed by atoms with E-state index in [-0.39, 0.29) is 0 Å². The minimum Gasteiger partial charge on any atom is -0.423 e. The highest BCUT2D eigenvalue weighted by Crippen LogP contribution is 2.24. The van der Waals surface area contributed by atoms with E-state index >= 15 is 0 Å². The van der Waals surface area contributed by atoms with Crippen molar-refractivity contribution < 1.29 is 9.15 Å². The molecular formula is C16H19N5O2S. The number of rotatable bonds is 5. The molecule has 4 rings (SSSR count). The predicted octanol–water partition coefficient (Wildman–Crippen LogP) is 2.19. The number of aromatic nitrogens is 3. The van der Waals surface area contributed by atoms with Crippen LogP contribution in [0.1, 0.15) is 5.82 Å². The van der Waals surface area contributed by atoms with Crippen LogP contribution < -0.4 is 9.80 Å². The molecule has 0 bridgehead atoms. The predicted molar refractivity (Wildman–Crippen MR) is 93.9 cm³/mol. The lowest BCUT2D eigenvalue weighted by Gasteiger charge is -2.33. The lowest BCUT2D eigenvalue weighted by atomic mass is 10.3. The molecule has 0 amide bonds. The maximum atomic E-state index is 5.85. The normalized spacial score (nSPS) is 15.4. The van der Waals surface area contributed by atoms with Gasteiger partial charge in [0.05, 0.1) is 6.61 Å². The van der Waals surface area contributed by atoms with Gasteiger partial charge in [-0.05, 0) is 12.1 Å². The smallest absolute Gasteiger partial charge is 0.298 e. The molecule has 1 fully saturated rings. The van der Waals surface area contributed by atoms with Gasteiger partial charge in [-0.25, -0.2) is 4.98 Å². The standard InChI is InChI=1S/C16H19N5O2S/c1-22-11-6-14-18-16(24-19-14)21-9-7-20(8-10-21)15-17-12-4-2-3-5-13(12)23-15/h2-5H,6-11H2,1H3. The van der Waals surface area contributed by atoms with E-state index < -0.39 is 0 Å². The van der Waals surface area contributed by atoms with Gasteiger partial charge in [0, 0.05) is 51.2 Å². The Hall–Kier alpha value is -2.19. The first-order chi connectivity index (χ1) is 11.8. The fourth-order valence-electron chi connectivity index (χ4n) is 2.75. The summed E-state index contributed by atoms with van der Waals surface area (Å²) >= 11 is 1.46. The number of oxazole rings is 1. The van der Waals surface area contributed by atoms with Crippen molar-refractivity contribution >= 4 is 33.8 Å². The van der Waals surface area contributed by atoms with Crippen LogP contribution in [-0.2, 0) is 11.2 Å². The van der Waals surface area contributed by atoms with E-state index in [1.165, 1.54) is 11.5 Å². The summed E-state index contributed by atoms with van der Waals surface area (Å²) in [7, 11) is 1.69. The average molecular weight is 345 g/mol. The van der Waals surface area contributed by atoms with Gasteiger partial charge < -0.3 is 19.0 Å². The number of hydrogen-bond acceptors (Lipinski definition) is 8. The van der Waals surface area contributed by atoms with E-state index in [2.05, 4.69) is 24.1 Å². The zero-order chi connectivity index (χ0) is 16.4. The van der Waals surface area contributed by atoms with Crippen LogP contribution >= 0.6 is 11.5 Å². The van der Waals surface area contributed by atoms with Crippen molar-refractivity contribution in [2.24, 2.45) is 0 Å². The van der Waals surface area contributed by atoms with Crippen molar-refractivity contribution in [3.8, 4) is 0 Å². The van der Waals surface area contributed by atoms with Crippen molar-refractivity contribution in [2.75, 3.05) is 49.7 Å². The number of piperazine rings is 1. The number of nitrogens with zero attached hydrogens (tertiary/aromatic N) is 5. The van der Waals surface area contributed by atoms with Gasteiger partial charge in [0.2, 0.25) is 5.13 Å². The van der Waals surface area contributed by atoms with Crippen molar-refractivity contribution in [1.29, 1.82) is 0 Å². The second-order valence-corrected chi connectivity index (χ2v) is 6.40. The Balaban J connectivity index is 1.40. The van der Waals surface area contributed by atoms with Crippen molar-refractivity contribution in [3.05, 3.63) is 30.1 Å². The molecule has 0 spiro atoms. The number of benzene rings is 1. The lowest BCUT2D eigenvalue weighted by Crippen LogP contribution is -2.46. The number of para-hydroxylation sites is 2. The van der Waals surface area contributed by atoms with Gasteiger partial charge in [-0.15, -0.1) is 0 Å². The number of ether oxygens (including phenoxy) is 1. The lowest BCUT2D eigenvalue weighted by molar-refractivity contribution is 0.201. The maximum absolute atomic E-state index is 5.85. The van der Waals surface area contributed by atoms with E-state index in [0.717, 1.165) is 54.7 Å². The molecule has 0 saturated carbocycles. The molecule has 1 aliphatic heterocycles. The summed E-state index contributed by atoms with van der Waals surface area (Å²) in [5.74, 6) is 0.859. The van der Waals surface area contributed by atoms with Gasteiger partial charge >= 0.3 is 0 Å². The minimum atomic E-state index is 0.654. The first-order valence-electron chi connectivity index (χ1n) is 8.00. The molecular weight excluding hydrogens is 326 g/mol. The highest BCUT2D eigenvalue weighted by molar-refractivity contribution is 7.09. The monoisotopic (exact) mass is 345 g/mol. The molecule has 1 aromatic carbocycles. The SMILES string of the molecule is COCCc1nsc(N2CCN(c3nc4ccccc4o3)CC2)n1. The van der Waals surface area contributed by atoms with E-state index in [1.807, 2.05) is 24.3 Å². The van der Waals surface area contributed by atoms with Crippen LogP contribution in [0.25, 0.3) is 11.1 Å². The van der Waals surface area contributed by atoms with Gasteiger partial charge in [-0.3, -0.25) is 0 Å². The highest BCUT2D eigenvalue weighted by atomic mass is 32.1. The minimum absolute atomic E-state index is 0.654. The summed E-state index contributed by atoms with van der Waals surface area (Å²) in [4.78, 5) is 13.6. The molecule has 2 aromatic heterocycles. The molecule has 1 saturated heterocycles. The quantitative estimate of drug-likeness (QED) is 0.702. The summed E-state index contributed by atoms with van der Waals surface area (Å²) in [5, 5.41) is 0.985. The van der Waals surface area contributed by atoms with Gasteiger partial charge in [-0.1, -0.05) is 12.1 Å². The van der Waals surface area contributed by atoms with E-state index in [1.54, 1.807) is 7.11 Å². The summed E-state index contributed by atoms with van der Waals surface area (Å²) in [6.07, 6.45) is 0.760. The summed E-state index contributed by atoms with van der Waals surface area (Å²) in [5.41, 5.74) is 1.74. The van der Waals surface area contributed by atoms with Gasteiger partial charge in [0.15, 0.2) is 5.58 Å². The molecule has 0 unspecified atom stereocenters. The molecule has 3 aromatic rings. The third-order valence-electron chi connectivity index (χ3n) is 4.09. The maximum Gasteiger partial charge on any atom is 0.298 e. The van der Waals surface area contributed by atoms with Crippen LogP contribution in [-0.4, -0.2) is 54.2 Å². The zero-order valence-electron chi connectivity index (χ0n) is 13.5. The Kier molecular flexibility index (Phi) is 4.31. The molecule has 8 heteroatoms. The van der Waals surface area contributed by atoms with Gasteiger partial charge in [-0.2, -0.15) is 9.36 Å². The molecule has 1 aliphatic rings. The van der Waals surface area contributed by atoms with Crippen molar-refractivity contribution in [2.45, 2.75) is 6.42 Å². The van der Waals surface area contributed by atoms with E-state index in [4.69, 9.17) is 9.15 Å². The van der Waals surface area contributed by atoms with Crippen molar-refractivity contribution in [1.82, 2.24) is 14.3 Å². The number of fused-ring (bicyclic) bond motifs is 1. The summed E-state index contributed by atoms with van der Waals surface area (Å²) < 4.78 is 15.3. The Bertz CT molecular complexity index is 777. The third kappa shape index (κ3) is 3.07. The fraction of sp³-hybridized carbons (Fsp3) is 0.438. The topological polar surface area (TPSA) is 67.5 Å². The number of anilines is 2. The van der Waals surface area contributed by atoms with E-state index in [0.29, 0.717) is 12.6 Å². The second-order valence-electron chi connectivity index (χ2n) is 5.67. The Morgan fingerprint density at radius 3 is 2.71 bits per heavy atom. The van der Waals surface area contributed by atoms with Crippen molar-refractivity contribution in [3.63, 3.8) is 0 Å². The molecule has 0 N–H and O–H groups in total. The molecule has 0 atom stereocenters.